The van der Waals surface area contributed by atoms with Gasteiger partial charge in [-0.3, -0.25) is 4.68 Å². The van der Waals surface area contributed by atoms with Crippen molar-refractivity contribution < 1.29 is 8.78 Å². The number of benzene rings is 1. The first-order valence-electron chi connectivity index (χ1n) is 6.61. The lowest BCUT2D eigenvalue weighted by Crippen LogP contribution is -2.33. The van der Waals surface area contributed by atoms with E-state index in [4.69, 9.17) is 0 Å². The number of halogens is 2. The van der Waals surface area contributed by atoms with Gasteiger partial charge in [-0.05, 0) is 25.1 Å². The summed E-state index contributed by atoms with van der Waals surface area (Å²) in [5, 5.41) is 11.1. The summed E-state index contributed by atoms with van der Waals surface area (Å²) in [6, 6.07) is 3.86. The van der Waals surface area contributed by atoms with Gasteiger partial charge in [-0.25, -0.2) is 8.78 Å². The van der Waals surface area contributed by atoms with Gasteiger partial charge in [-0.1, -0.05) is 18.2 Å². The van der Waals surface area contributed by atoms with Crippen LogP contribution in [0.5, 0.6) is 0 Å². The Hall–Kier alpha value is -1.82. The SMILES string of the molecule is CCNC(Cc1cn(C)nn1)Cc1c(F)cccc1F. The molecule has 0 saturated carbocycles. The van der Waals surface area contributed by atoms with E-state index in [0.29, 0.717) is 6.42 Å². The molecule has 0 saturated heterocycles. The molecular weight excluding hydrogens is 262 g/mol. The second kappa shape index (κ2) is 6.56. The molecule has 0 radical (unpaired) electrons. The number of aromatic nitrogens is 3. The van der Waals surface area contributed by atoms with Gasteiger partial charge in [-0.15, -0.1) is 5.10 Å². The van der Waals surface area contributed by atoms with Crippen LogP contribution in [0.3, 0.4) is 0 Å². The summed E-state index contributed by atoms with van der Waals surface area (Å²) in [6.07, 6.45) is 2.67. The standard InChI is InChI=1S/C14H18F2N4/c1-3-17-10(7-11-9-20(2)19-18-11)8-12-13(15)5-4-6-14(12)16/h4-6,9-10,17H,3,7-8H2,1-2H3. The van der Waals surface area contributed by atoms with E-state index in [2.05, 4.69) is 15.6 Å². The molecule has 0 bridgehead atoms. The minimum Gasteiger partial charge on any atom is -0.314 e. The number of aryl methyl sites for hydroxylation is 1. The van der Waals surface area contributed by atoms with Crippen LogP contribution in [0.15, 0.2) is 24.4 Å². The maximum Gasteiger partial charge on any atom is 0.129 e. The Bertz CT molecular complexity index is 548. The Kier molecular flexibility index (Phi) is 4.79. The van der Waals surface area contributed by atoms with Gasteiger partial charge in [0, 0.05) is 31.3 Å². The Morgan fingerprint density at radius 2 is 1.95 bits per heavy atom. The van der Waals surface area contributed by atoms with E-state index in [9.17, 15) is 8.78 Å². The number of nitrogens with zero attached hydrogens (tertiary/aromatic N) is 3. The molecule has 1 aromatic heterocycles. The molecule has 1 N–H and O–H groups in total. The molecule has 0 spiro atoms. The van der Waals surface area contributed by atoms with Crippen molar-refractivity contribution in [1.29, 1.82) is 0 Å². The zero-order valence-corrected chi connectivity index (χ0v) is 11.6. The normalized spacial score (nSPS) is 12.6. The Balaban J connectivity index is 2.13. The van der Waals surface area contributed by atoms with Crippen LogP contribution in [0.2, 0.25) is 0 Å². The van der Waals surface area contributed by atoms with Crippen LogP contribution in [-0.4, -0.2) is 27.6 Å². The van der Waals surface area contributed by atoms with Crippen LogP contribution < -0.4 is 5.32 Å². The minimum atomic E-state index is -0.507. The molecule has 108 valence electrons. The molecule has 0 amide bonds. The van der Waals surface area contributed by atoms with E-state index < -0.39 is 11.6 Å². The predicted molar refractivity (Wildman–Crippen MR) is 72.2 cm³/mol. The molecule has 0 aliphatic rings. The van der Waals surface area contributed by atoms with Gasteiger partial charge in [0.2, 0.25) is 0 Å². The van der Waals surface area contributed by atoms with E-state index in [1.165, 1.54) is 18.2 Å². The topological polar surface area (TPSA) is 42.7 Å². The van der Waals surface area contributed by atoms with Crippen LogP contribution in [0.1, 0.15) is 18.2 Å². The number of likely N-dealkylation sites (N-methyl/N-ethyl adjacent to an activating group) is 1. The zero-order chi connectivity index (χ0) is 14.5. The summed E-state index contributed by atoms with van der Waals surface area (Å²) in [5.74, 6) is -1.01. The number of hydrogen-bond donors (Lipinski definition) is 1. The van der Waals surface area contributed by atoms with Crippen molar-refractivity contribution in [3.63, 3.8) is 0 Å². The minimum absolute atomic E-state index is 0.0805. The maximum atomic E-state index is 13.7. The lowest BCUT2D eigenvalue weighted by atomic mass is 10.0. The summed E-state index contributed by atoms with van der Waals surface area (Å²) >= 11 is 0. The molecule has 4 nitrogen and oxygen atoms in total. The van der Waals surface area contributed by atoms with E-state index in [1.807, 2.05) is 13.1 Å². The van der Waals surface area contributed by atoms with Crippen molar-refractivity contribution in [2.45, 2.75) is 25.8 Å². The van der Waals surface area contributed by atoms with Crippen molar-refractivity contribution in [2.75, 3.05) is 6.54 Å². The molecule has 20 heavy (non-hydrogen) atoms. The van der Waals surface area contributed by atoms with Crippen molar-refractivity contribution in [1.82, 2.24) is 20.3 Å². The third-order valence-corrected chi connectivity index (χ3v) is 3.11. The quantitative estimate of drug-likeness (QED) is 0.878. The lowest BCUT2D eigenvalue weighted by molar-refractivity contribution is 0.481. The highest BCUT2D eigenvalue weighted by atomic mass is 19.1. The largest absolute Gasteiger partial charge is 0.314 e. The zero-order valence-electron chi connectivity index (χ0n) is 11.6. The second-order valence-electron chi connectivity index (χ2n) is 4.75. The van der Waals surface area contributed by atoms with Gasteiger partial charge >= 0.3 is 0 Å². The fourth-order valence-electron chi connectivity index (χ4n) is 2.22. The second-order valence-corrected chi connectivity index (χ2v) is 4.75. The average molecular weight is 280 g/mol. The number of nitrogens with one attached hydrogen (secondary N) is 1. The molecule has 1 aromatic carbocycles. The third-order valence-electron chi connectivity index (χ3n) is 3.11. The summed E-state index contributed by atoms with van der Waals surface area (Å²) in [4.78, 5) is 0. The predicted octanol–water partition coefficient (Wildman–Crippen LogP) is 1.86. The summed E-state index contributed by atoms with van der Waals surface area (Å²) in [5.41, 5.74) is 0.914. The number of hydrogen-bond acceptors (Lipinski definition) is 3. The van der Waals surface area contributed by atoms with Gasteiger partial charge in [0.25, 0.3) is 0 Å². The lowest BCUT2D eigenvalue weighted by Gasteiger charge is -2.17. The first-order valence-corrected chi connectivity index (χ1v) is 6.61. The van der Waals surface area contributed by atoms with Crippen molar-refractivity contribution in [3.8, 4) is 0 Å². The summed E-state index contributed by atoms with van der Waals surface area (Å²) in [7, 11) is 1.79. The van der Waals surface area contributed by atoms with Crippen molar-refractivity contribution in [3.05, 3.63) is 47.3 Å². The van der Waals surface area contributed by atoms with Crippen molar-refractivity contribution >= 4 is 0 Å². The highest BCUT2D eigenvalue weighted by Gasteiger charge is 2.16. The van der Waals surface area contributed by atoms with Gasteiger partial charge < -0.3 is 5.32 Å². The first kappa shape index (κ1) is 14.6. The molecule has 0 fully saturated rings. The molecule has 2 aromatic rings. The molecule has 6 heteroatoms. The molecule has 1 heterocycles. The first-order chi connectivity index (χ1) is 9.60. The summed E-state index contributed by atoms with van der Waals surface area (Å²) in [6.45, 7) is 2.68. The van der Waals surface area contributed by atoms with E-state index in [0.717, 1.165) is 12.2 Å². The van der Waals surface area contributed by atoms with Gasteiger partial charge in [0.15, 0.2) is 0 Å². The Labute approximate surface area is 116 Å². The van der Waals surface area contributed by atoms with Crippen LogP contribution in [-0.2, 0) is 19.9 Å². The molecule has 1 atom stereocenters. The van der Waals surface area contributed by atoms with Crippen LogP contribution >= 0.6 is 0 Å². The van der Waals surface area contributed by atoms with Gasteiger partial charge in [0.1, 0.15) is 11.6 Å². The monoisotopic (exact) mass is 280 g/mol. The van der Waals surface area contributed by atoms with Gasteiger partial charge in [0.05, 0.1) is 5.69 Å². The van der Waals surface area contributed by atoms with Gasteiger partial charge in [-0.2, -0.15) is 0 Å². The molecule has 0 aliphatic heterocycles. The maximum absolute atomic E-state index is 13.7. The molecular formula is C14H18F2N4. The van der Waals surface area contributed by atoms with Crippen LogP contribution in [0.4, 0.5) is 8.78 Å². The number of rotatable bonds is 6. The summed E-state index contributed by atoms with van der Waals surface area (Å²) < 4.78 is 29.0. The fraction of sp³-hybridized carbons (Fsp3) is 0.429. The van der Waals surface area contributed by atoms with Crippen LogP contribution in [0, 0.1) is 11.6 Å². The fourth-order valence-corrected chi connectivity index (χ4v) is 2.22. The molecule has 2 rings (SSSR count). The molecule has 1 unspecified atom stereocenters. The highest BCUT2D eigenvalue weighted by Crippen LogP contribution is 2.15. The van der Waals surface area contributed by atoms with E-state index in [1.54, 1.807) is 11.7 Å². The third kappa shape index (κ3) is 3.60. The average Bonchev–Trinajstić information content (AvgIpc) is 2.80. The Morgan fingerprint density at radius 3 is 2.50 bits per heavy atom. The smallest absolute Gasteiger partial charge is 0.129 e. The Morgan fingerprint density at radius 1 is 1.25 bits per heavy atom. The van der Waals surface area contributed by atoms with E-state index in [-0.39, 0.29) is 18.0 Å². The molecule has 0 aliphatic carbocycles. The van der Waals surface area contributed by atoms with Crippen LogP contribution in [0.25, 0.3) is 0 Å². The van der Waals surface area contributed by atoms with Crippen molar-refractivity contribution in [2.24, 2.45) is 7.05 Å². The highest BCUT2D eigenvalue weighted by molar-refractivity contribution is 5.21. The van der Waals surface area contributed by atoms with E-state index >= 15 is 0 Å².